The van der Waals surface area contributed by atoms with Crippen LogP contribution in [-0.4, -0.2) is 47.1 Å². The molecule has 1 heterocycles. The number of pyridine rings is 1. The Morgan fingerprint density at radius 3 is 2.58 bits per heavy atom. The molecule has 26 heavy (non-hydrogen) atoms. The molecule has 2 rings (SSSR count). The third kappa shape index (κ3) is 5.18. The number of carbonyl (C=O) groups is 2. The van der Waals surface area contributed by atoms with Crippen LogP contribution in [0.4, 0.5) is 4.79 Å². The zero-order chi connectivity index (χ0) is 19.3. The normalized spacial score (nSPS) is 11.3. The first-order valence-corrected chi connectivity index (χ1v) is 8.84. The summed E-state index contributed by atoms with van der Waals surface area (Å²) >= 11 is 0. The Bertz CT molecular complexity index is 796. The molecule has 2 aromatic rings. The molecule has 2 amide bonds. The number of rotatable bonds is 5. The second kappa shape index (κ2) is 8.17. The van der Waals surface area contributed by atoms with E-state index in [1.165, 1.54) is 0 Å². The van der Waals surface area contributed by atoms with Gasteiger partial charge in [-0.3, -0.25) is 9.78 Å². The number of hydrogen-bond donors (Lipinski definition) is 1. The van der Waals surface area contributed by atoms with E-state index in [2.05, 4.69) is 10.3 Å². The average Bonchev–Trinajstić information content (AvgIpc) is 2.56. The van der Waals surface area contributed by atoms with E-state index >= 15 is 0 Å². The van der Waals surface area contributed by atoms with Gasteiger partial charge in [0.1, 0.15) is 5.60 Å². The summed E-state index contributed by atoms with van der Waals surface area (Å²) in [6.45, 7) is 10.5. The van der Waals surface area contributed by atoms with Crippen LogP contribution in [0.5, 0.6) is 0 Å². The number of carbonyl (C=O) groups excluding carboxylic acids is 2. The molecule has 0 fully saturated rings. The molecule has 0 spiro atoms. The van der Waals surface area contributed by atoms with Gasteiger partial charge in [0.2, 0.25) is 0 Å². The maximum Gasteiger partial charge on any atom is 0.410 e. The first-order chi connectivity index (χ1) is 12.2. The van der Waals surface area contributed by atoms with E-state index in [1.54, 1.807) is 11.0 Å². The lowest BCUT2D eigenvalue weighted by molar-refractivity contribution is 0.0261. The van der Waals surface area contributed by atoms with Gasteiger partial charge in [-0.05, 0) is 46.8 Å². The van der Waals surface area contributed by atoms with Gasteiger partial charge in [0, 0.05) is 30.7 Å². The van der Waals surface area contributed by atoms with Gasteiger partial charge in [-0.1, -0.05) is 18.2 Å². The van der Waals surface area contributed by atoms with Crippen molar-refractivity contribution in [2.45, 2.75) is 40.2 Å². The Balaban J connectivity index is 2.02. The van der Waals surface area contributed by atoms with Crippen LogP contribution in [0.2, 0.25) is 0 Å². The van der Waals surface area contributed by atoms with Crippen LogP contribution in [0, 0.1) is 6.92 Å². The van der Waals surface area contributed by atoms with Crippen molar-refractivity contribution >= 4 is 22.9 Å². The van der Waals surface area contributed by atoms with Crippen molar-refractivity contribution in [3.8, 4) is 0 Å². The molecule has 6 nitrogen and oxygen atoms in total. The largest absolute Gasteiger partial charge is 0.444 e. The molecule has 0 unspecified atom stereocenters. The van der Waals surface area contributed by atoms with Crippen molar-refractivity contribution in [1.29, 1.82) is 0 Å². The third-order valence-corrected chi connectivity index (χ3v) is 3.79. The molecule has 6 heteroatoms. The Labute approximate surface area is 154 Å². The van der Waals surface area contributed by atoms with Gasteiger partial charge in [0.25, 0.3) is 5.91 Å². The van der Waals surface area contributed by atoms with E-state index in [0.717, 1.165) is 16.6 Å². The average molecular weight is 357 g/mol. The number of para-hydroxylation sites is 1. The molecule has 0 saturated carbocycles. The first-order valence-electron chi connectivity index (χ1n) is 8.84. The van der Waals surface area contributed by atoms with Gasteiger partial charge in [0.15, 0.2) is 0 Å². The number of likely N-dealkylation sites (N-methyl/N-ethyl adjacent to an activating group) is 1. The number of fused-ring (bicyclic) bond motifs is 1. The predicted molar refractivity (Wildman–Crippen MR) is 102 cm³/mol. The summed E-state index contributed by atoms with van der Waals surface area (Å²) in [5, 5.41) is 3.70. The zero-order valence-corrected chi connectivity index (χ0v) is 16.1. The highest BCUT2D eigenvalue weighted by Gasteiger charge is 2.21. The lowest BCUT2D eigenvalue weighted by Crippen LogP contribution is -2.41. The van der Waals surface area contributed by atoms with E-state index in [4.69, 9.17) is 4.74 Å². The maximum atomic E-state index is 12.6. The third-order valence-electron chi connectivity index (χ3n) is 3.79. The number of benzene rings is 1. The minimum atomic E-state index is -0.540. The molecule has 1 N–H and O–H groups in total. The Kier molecular flexibility index (Phi) is 6.18. The molecule has 1 aromatic carbocycles. The van der Waals surface area contributed by atoms with Gasteiger partial charge in [-0.2, -0.15) is 0 Å². The van der Waals surface area contributed by atoms with Crippen LogP contribution >= 0.6 is 0 Å². The van der Waals surface area contributed by atoms with E-state index in [1.807, 2.05) is 58.9 Å². The number of aromatic nitrogens is 1. The molecule has 0 aliphatic rings. The van der Waals surface area contributed by atoms with Gasteiger partial charge >= 0.3 is 6.09 Å². The van der Waals surface area contributed by atoms with Crippen molar-refractivity contribution < 1.29 is 14.3 Å². The minimum Gasteiger partial charge on any atom is -0.444 e. The summed E-state index contributed by atoms with van der Waals surface area (Å²) in [4.78, 5) is 30.8. The quantitative estimate of drug-likeness (QED) is 0.888. The Morgan fingerprint density at radius 2 is 1.92 bits per heavy atom. The van der Waals surface area contributed by atoms with Gasteiger partial charge in [-0.25, -0.2) is 4.79 Å². The van der Waals surface area contributed by atoms with E-state index in [9.17, 15) is 9.59 Å². The van der Waals surface area contributed by atoms with Crippen LogP contribution in [0.15, 0.2) is 30.3 Å². The van der Waals surface area contributed by atoms with Crippen LogP contribution in [-0.2, 0) is 4.74 Å². The number of ether oxygens (including phenoxy) is 1. The van der Waals surface area contributed by atoms with Gasteiger partial charge < -0.3 is 15.0 Å². The summed E-state index contributed by atoms with van der Waals surface area (Å²) in [6.07, 6.45) is -0.376. The van der Waals surface area contributed by atoms with Crippen LogP contribution in [0.1, 0.15) is 43.7 Å². The highest BCUT2D eigenvalue weighted by molar-refractivity contribution is 6.06. The van der Waals surface area contributed by atoms with Crippen LogP contribution in [0.3, 0.4) is 0 Å². The zero-order valence-electron chi connectivity index (χ0n) is 16.1. The number of nitrogens with zero attached hydrogens (tertiary/aromatic N) is 2. The van der Waals surface area contributed by atoms with Crippen LogP contribution in [0.25, 0.3) is 10.9 Å². The highest BCUT2D eigenvalue weighted by atomic mass is 16.6. The molecule has 0 aliphatic carbocycles. The van der Waals surface area contributed by atoms with E-state index in [-0.39, 0.29) is 12.0 Å². The molecule has 0 bridgehead atoms. The van der Waals surface area contributed by atoms with Gasteiger partial charge in [-0.15, -0.1) is 0 Å². The summed E-state index contributed by atoms with van der Waals surface area (Å²) in [5.74, 6) is -0.174. The predicted octanol–water partition coefficient (Wildman–Crippen LogP) is 3.53. The SMILES string of the molecule is CCN(CCNC(=O)c1cc(C)nc2ccccc12)C(=O)OC(C)(C)C. The lowest BCUT2D eigenvalue weighted by atomic mass is 10.1. The van der Waals surface area contributed by atoms with Crippen molar-refractivity contribution in [2.75, 3.05) is 19.6 Å². The second-order valence-corrected chi connectivity index (χ2v) is 7.14. The Morgan fingerprint density at radius 1 is 1.23 bits per heavy atom. The summed E-state index contributed by atoms with van der Waals surface area (Å²) in [6, 6.07) is 9.34. The first kappa shape index (κ1) is 19.7. The van der Waals surface area contributed by atoms with Crippen molar-refractivity contribution in [3.05, 3.63) is 41.6 Å². The molecule has 0 atom stereocenters. The fourth-order valence-electron chi connectivity index (χ4n) is 2.60. The fourth-order valence-corrected chi connectivity index (χ4v) is 2.60. The van der Waals surface area contributed by atoms with E-state index in [0.29, 0.717) is 25.2 Å². The van der Waals surface area contributed by atoms with Crippen molar-refractivity contribution in [3.63, 3.8) is 0 Å². The topological polar surface area (TPSA) is 71.5 Å². The molecule has 1 aromatic heterocycles. The molecular weight excluding hydrogens is 330 g/mol. The number of nitrogens with one attached hydrogen (secondary N) is 1. The summed E-state index contributed by atoms with van der Waals surface area (Å²) in [7, 11) is 0. The van der Waals surface area contributed by atoms with Crippen molar-refractivity contribution in [1.82, 2.24) is 15.2 Å². The fraction of sp³-hybridized carbons (Fsp3) is 0.450. The Hall–Kier alpha value is -2.63. The van der Waals surface area contributed by atoms with E-state index < -0.39 is 5.60 Å². The lowest BCUT2D eigenvalue weighted by Gasteiger charge is -2.26. The molecular formula is C20H27N3O3. The highest BCUT2D eigenvalue weighted by Crippen LogP contribution is 2.18. The standard InChI is InChI=1S/C20H27N3O3/c1-6-23(19(25)26-20(3,4)5)12-11-21-18(24)16-13-14(2)22-17-10-8-7-9-15(16)17/h7-10,13H,6,11-12H2,1-5H3,(H,21,24). The number of aryl methyl sites for hydroxylation is 1. The molecule has 140 valence electrons. The summed E-state index contributed by atoms with van der Waals surface area (Å²) in [5.41, 5.74) is 1.63. The molecule has 0 saturated heterocycles. The number of hydrogen-bond acceptors (Lipinski definition) is 4. The van der Waals surface area contributed by atoms with Crippen LogP contribution < -0.4 is 5.32 Å². The molecule has 0 aliphatic heterocycles. The monoisotopic (exact) mass is 357 g/mol. The summed E-state index contributed by atoms with van der Waals surface area (Å²) < 4.78 is 5.37. The maximum absolute atomic E-state index is 12.6. The number of amides is 2. The van der Waals surface area contributed by atoms with Crippen molar-refractivity contribution in [2.24, 2.45) is 0 Å². The van der Waals surface area contributed by atoms with Gasteiger partial charge in [0.05, 0.1) is 11.1 Å². The molecule has 0 radical (unpaired) electrons. The smallest absolute Gasteiger partial charge is 0.410 e. The minimum absolute atomic E-state index is 0.174. The second-order valence-electron chi connectivity index (χ2n) is 7.14.